The van der Waals surface area contributed by atoms with Gasteiger partial charge in [-0.15, -0.1) is 0 Å². The van der Waals surface area contributed by atoms with Crippen LogP contribution in [0.1, 0.15) is 50.3 Å². The summed E-state index contributed by atoms with van der Waals surface area (Å²) < 4.78 is 0. The van der Waals surface area contributed by atoms with E-state index in [9.17, 15) is 9.59 Å². The minimum atomic E-state index is -0.319. The Labute approximate surface area is 154 Å². The number of ketones is 1. The van der Waals surface area contributed by atoms with Crippen LogP contribution < -0.4 is 0 Å². The monoisotopic (exact) mass is 353 g/mol. The fourth-order valence-electron chi connectivity index (χ4n) is 3.70. The van der Waals surface area contributed by atoms with Crippen molar-refractivity contribution < 1.29 is 9.59 Å². The fourth-order valence-corrected chi connectivity index (χ4v) is 3.70. The van der Waals surface area contributed by atoms with Crippen molar-refractivity contribution in [1.82, 2.24) is 15.1 Å². The summed E-state index contributed by atoms with van der Waals surface area (Å²) in [5, 5.41) is 7.44. The van der Waals surface area contributed by atoms with E-state index in [-0.39, 0.29) is 17.6 Å². The number of aromatic amines is 1. The van der Waals surface area contributed by atoms with Crippen molar-refractivity contribution in [2.24, 2.45) is 5.92 Å². The van der Waals surface area contributed by atoms with Crippen LogP contribution in [-0.2, 0) is 9.59 Å². The second-order valence-corrected chi connectivity index (χ2v) is 7.60. The lowest BCUT2D eigenvalue weighted by atomic mass is 9.88. The van der Waals surface area contributed by atoms with Crippen LogP contribution in [0.25, 0.3) is 11.1 Å². The summed E-state index contributed by atoms with van der Waals surface area (Å²) in [7, 11) is 0. The zero-order chi connectivity index (χ0) is 18.7. The minimum Gasteiger partial charge on any atom is -0.336 e. The van der Waals surface area contributed by atoms with Gasteiger partial charge in [0.25, 0.3) is 5.91 Å². The molecule has 5 nitrogen and oxygen atoms in total. The third-order valence-electron chi connectivity index (χ3n) is 5.13. The summed E-state index contributed by atoms with van der Waals surface area (Å²) in [4.78, 5) is 26.1. The van der Waals surface area contributed by atoms with E-state index in [0.29, 0.717) is 25.4 Å². The summed E-state index contributed by atoms with van der Waals surface area (Å²) in [6.07, 6.45) is 3.92. The van der Waals surface area contributed by atoms with E-state index in [1.165, 1.54) is 11.1 Å². The molecule has 5 heteroatoms. The van der Waals surface area contributed by atoms with Gasteiger partial charge < -0.3 is 4.90 Å². The lowest BCUT2D eigenvalue weighted by molar-refractivity contribution is -0.145. The normalized spacial score (nSPS) is 15.5. The number of hydrogen-bond donors (Lipinski definition) is 1. The van der Waals surface area contributed by atoms with Crippen LogP contribution in [0.4, 0.5) is 0 Å². The van der Waals surface area contributed by atoms with Gasteiger partial charge in [-0.25, -0.2) is 0 Å². The predicted octanol–water partition coefficient (Wildman–Crippen LogP) is 3.71. The molecule has 0 unspecified atom stereocenters. The highest BCUT2D eigenvalue weighted by atomic mass is 16.2. The molecular weight excluding hydrogens is 326 g/mol. The van der Waals surface area contributed by atoms with E-state index >= 15 is 0 Å². The Bertz CT molecular complexity index is 786. The first-order valence-corrected chi connectivity index (χ1v) is 9.38. The number of aromatic nitrogens is 2. The molecule has 0 aliphatic carbocycles. The molecular formula is C21H27N3O2. The summed E-state index contributed by atoms with van der Waals surface area (Å²) in [6, 6.07) is 8.30. The highest BCUT2D eigenvalue weighted by molar-refractivity contribution is 6.36. The highest BCUT2D eigenvalue weighted by Crippen LogP contribution is 2.35. The Balaban J connectivity index is 1.68. The number of carbonyl (C=O) groups excluding carboxylic acids is 2. The summed E-state index contributed by atoms with van der Waals surface area (Å²) in [5.74, 6) is -0.0384. The Hall–Kier alpha value is -2.43. The molecule has 26 heavy (non-hydrogen) atoms. The molecule has 3 rings (SSSR count). The smallest absolute Gasteiger partial charge is 0.289 e. The van der Waals surface area contributed by atoms with Crippen molar-refractivity contribution in [3.8, 4) is 11.1 Å². The van der Waals surface area contributed by atoms with Gasteiger partial charge in [-0.1, -0.05) is 38.1 Å². The van der Waals surface area contributed by atoms with Crippen LogP contribution in [0.5, 0.6) is 0 Å². The number of benzene rings is 1. The van der Waals surface area contributed by atoms with Crippen LogP contribution in [-0.4, -0.2) is 39.9 Å². The highest BCUT2D eigenvalue weighted by Gasteiger charge is 2.29. The number of amides is 1. The SMILES string of the molecule is Cc1ccccc1-c1cn[nH]c1C1CCN(C(=O)C(=O)CC(C)C)CC1. The molecule has 0 bridgehead atoms. The second-order valence-electron chi connectivity index (χ2n) is 7.60. The van der Waals surface area contributed by atoms with Gasteiger partial charge in [0.1, 0.15) is 0 Å². The van der Waals surface area contributed by atoms with Gasteiger partial charge in [0.15, 0.2) is 0 Å². The molecule has 2 heterocycles. The zero-order valence-corrected chi connectivity index (χ0v) is 15.8. The van der Waals surface area contributed by atoms with Crippen LogP contribution in [0.3, 0.4) is 0 Å². The maximum atomic E-state index is 12.3. The van der Waals surface area contributed by atoms with E-state index in [0.717, 1.165) is 24.1 Å². The van der Waals surface area contributed by atoms with Crippen molar-refractivity contribution in [2.45, 2.75) is 46.0 Å². The average Bonchev–Trinajstić information content (AvgIpc) is 3.10. The number of aryl methyl sites for hydroxylation is 1. The Kier molecular flexibility index (Phi) is 5.55. The van der Waals surface area contributed by atoms with Gasteiger partial charge in [0.2, 0.25) is 5.78 Å². The van der Waals surface area contributed by atoms with E-state index in [4.69, 9.17) is 0 Å². The largest absolute Gasteiger partial charge is 0.336 e. The van der Waals surface area contributed by atoms with Crippen molar-refractivity contribution in [3.05, 3.63) is 41.7 Å². The number of rotatable bonds is 5. The van der Waals surface area contributed by atoms with Gasteiger partial charge in [-0.05, 0) is 36.8 Å². The standard InChI is InChI=1S/C21H27N3O2/c1-14(2)12-19(25)21(26)24-10-8-16(9-11-24)20-18(13-22-23-20)17-7-5-4-6-15(17)3/h4-7,13-14,16H,8-12H2,1-3H3,(H,22,23). The average molecular weight is 353 g/mol. The van der Waals surface area contributed by atoms with Gasteiger partial charge in [-0.3, -0.25) is 14.7 Å². The molecule has 1 aliphatic rings. The Morgan fingerprint density at radius 2 is 1.88 bits per heavy atom. The van der Waals surface area contributed by atoms with Gasteiger partial charge in [0, 0.05) is 36.7 Å². The molecule has 0 saturated carbocycles. The minimum absolute atomic E-state index is 0.214. The third-order valence-corrected chi connectivity index (χ3v) is 5.13. The molecule has 1 amide bonds. The topological polar surface area (TPSA) is 66.1 Å². The number of nitrogens with one attached hydrogen (secondary N) is 1. The van der Waals surface area contributed by atoms with Gasteiger partial charge >= 0.3 is 0 Å². The van der Waals surface area contributed by atoms with E-state index in [1.807, 2.05) is 32.2 Å². The van der Waals surface area contributed by atoms with Gasteiger partial charge in [-0.2, -0.15) is 5.10 Å². The third kappa shape index (κ3) is 3.87. The molecule has 1 aromatic carbocycles. The van der Waals surface area contributed by atoms with Crippen LogP contribution in [0, 0.1) is 12.8 Å². The number of nitrogens with zero attached hydrogens (tertiary/aromatic N) is 2. The fraction of sp³-hybridized carbons (Fsp3) is 0.476. The van der Waals surface area contributed by atoms with Crippen molar-refractivity contribution in [3.63, 3.8) is 0 Å². The molecule has 0 spiro atoms. The lowest BCUT2D eigenvalue weighted by Gasteiger charge is -2.31. The summed E-state index contributed by atoms with van der Waals surface area (Å²) in [6.45, 7) is 7.28. The first kappa shape index (κ1) is 18.4. The molecule has 2 aromatic rings. The molecule has 1 aromatic heterocycles. The van der Waals surface area contributed by atoms with E-state index < -0.39 is 0 Å². The Morgan fingerprint density at radius 3 is 2.54 bits per heavy atom. The Morgan fingerprint density at radius 1 is 1.19 bits per heavy atom. The molecule has 0 radical (unpaired) electrons. The van der Waals surface area contributed by atoms with Crippen LogP contribution >= 0.6 is 0 Å². The number of carbonyl (C=O) groups is 2. The van der Waals surface area contributed by atoms with Crippen molar-refractivity contribution >= 4 is 11.7 Å². The molecule has 138 valence electrons. The molecule has 0 atom stereocenters. The van der Waals surface area contributed by atoms with E-state index in [2.05, 4.69) is 29.3 Å². The number of Topliss-reactive ketones (excluding diaryl/α,β-unsaturated/α-hetero) is 1. The quantitative estimate of drug-likeness (QED) is 0.834. The molecule has 1 saturated heterocycles. The van der Waals surface area contributed by atoms with Crippen molar-refractivity contribution in [2.75, 3.05) is 13.1 Å². The maximum Gasteiger partial charge on any atom is 0.289 e. The number of H-pyrrole nitrogens is 1. The summed E-state index contributed by atoms with van der Waals surface area (Å²) in [5.41, 5.74) is 4.70. The molecule has 1 aliphatic heterocycles. The number of piperidine rings is 1. The zero-order valence-electron chi connectivity index (χ0n) is 15.8. The van der Waals surface area contributed by atoms with Crippen molar-refractivity contribution in [1.29, 1.82) is 0 Å². The number of hydrogen-bond acceptors (Lipinski definition) is 3. The first-order valence-electron chi connectivity index (χ1n) is 9.38. The number of likely N-dealkylation sites (tertiary alicyclic amines) is 1. The van der Waals surface area contributed by atoms with Crippen LogP contribution in [0.2, 0.25) is 0 Å². The van der Waals surface area contributed by atoms with E-state index in [1.54, 1.807) is 4.90 Å². The predicted molar refractivity (Wildman–Crippen MR) is 102 cm³/mol. The van der Waals surface area contributed by atoms with Crippen LogP contribution in [0.15, 0.2) is 30.5 Å². The lowest BCUT2D eigenvalue weighted by Crippen LogP contribution is -2.42. The summed E-state index contributed by atoms with van der Waals surface area (Å²) >= 11 is 0. The maximum absolute atomic E-state index is 12.3. The molecule has 1 N–H and O–H groups in total. The first-order chi connectivity index (χ1) is 12.5. The molecule has 1 fully saturated rings. The second kappa shape index (κ2) is 7.85. The van der Waals surface area contributed by atoms with Gasteiger partial charge in [0.05, 0.1) is 6.20 Å².